The molecular formula is C20H24N4O3. The van der Waals surface area contributed by atoms with Gasteiger partial charge in [0.15, 0.2) is 11.5 Å². The van der Waals surface area contributed by atoms with Crippen molar-refractivity contribution in [3.05, 3.63) is 59.7 Å². The van der Waals surface area contributed by atoms with E-state index in [2.05, 4.69) is 44.6 Å². The fourth-order valence-electron chi connectivity index (χ4n) is 2.99. The number of nitrogens with zero attached hydrogens (tertiary/aromatic N) is 3. The van der Waals surface area contributed by atoms with Crippen LogP contribution in [0.3, 0.4) is 0 Å². The molecule has 0 aliphatic carbocycles. The molecule has 142 valence electrons. The number of rotatable bonds is 6. The normalized spacial score (nSPS) is 15.9. The first-order chi connectivity index (χ1) is 13.1. The SMILES string of the molecule is O=C(CN1CCN(Cc2ccccc2)CC1)N/N=C\c1ccc(O)c(O)c1. The largest absolute Gasteiger partial charge is 0.504 e. The van der Waals surface area contributed by atoms with Gasteiger partial charge in [-0.15, -0.1) is 0 Å². The number of hydrogen-bond donors (Lipinski definition) is 3. The van der Waals surface area contributed by atoms with Gasteiger partial charge >= 0.3 is 0 Å². The van der Waals surface area contributed by atoms with E-state index in [1.165, 1.54) is 23.9 Å². The molecule has 1 saturated heterocycles. The van der Waals surface area contributed by atoms with Crippen LogP contribution in [0.4, 0.5) is 0 Å². The van der Waals surface area contributed by atoms with Gasteiger partial charge in [-0.2, -0.15) is 5.10 Å². The molecule has 1 heterocycles. The van der Waals surface area contributed by atoms with Gasteiger partial charge in [-0.1, -0.05) is 30.3 Å². The van der Waals surface area contributed by atoms with E-state index < -0.39 is 0 Å². The van der Waals surface area contributed by atoms with Crippen LogP contribution in [0, 0.1) is 0 Å². The Morgan fingerprint density at radius 2 is 1.70 bits per heavy atom. The van der Waals surface area contributed by atoms with Crippen molar-refractivity contribution in [2.45, 2.75) is 6.54 Å². The Kier molecular flexibility index (Phi) is 6.40. The number of hydrazone groups is 1. The third kappa shape index (κ3) is 5.80. The summed E-state index contributed by atoms with van der Waals surface area (Å²) in [6, 6.07) is 14.7. The van der Waals surface area contributed by atoms with Crippen LogP contribution < -0.4 is 5.43 Å². The number of phenols is 2. The van der Waals surface area contributed by atoms with E-state index in [1.807, 2.05) is 6.07 Å². The van der Waals surface area contributed by atoms with Gasteiger partial charge in [-0.05, 0) is 29.3 Å². The van der Waals surface area contributed by atoms with Gasteiger partial charge in [0.05, 0.1) is 12.8 Å². The molecule has 3 N–H and O–H groups in total. The van der Waals surface area contributed by atoms with Gasteiger partial charge in [0.2, 0.25) is 0 Å². The topological polar surface area (TPSA) is 88.4 Å². The van der Waals surface area contributed by atoms with Crippen molar-refractivity contribution in [2.75, 3.05) is 32.7 Å². The average molecular weight is 368 g/mol. The van der Waals surface area contributed by atoms with E-state index in [1.54, 1.807) is 6.07 Å². The molecule has 7 nitrogen and oxygen atoms in total. The van der Waals surface area contributed by atoms with E-state index in [4.69, 9.17) is 0 Å². The minimum atomic E-state index is -0.223. The Bertz CT molecular complexity index is 787. The van der Waals surface area contributed by atoms with Crippen LogP contribution >= 0.6 is 0 Å². The molecule has 1 aliphatic heterocycles. The molecule has 2 aromatic carbocycles. The van der Waals surface area contributed by atoms with E-state index in [0.29, 0.717) is 12.1 Å². The Morgan fingerprint density at radius 3 is 2.41 bits per heavy atom. The number of nitrogens with one attached hydrogen (secondary N) is 1. The number of aromatic hydroxyl groups is 2. The summed E-state index contributed by atoms with van der Waals surface area (Å²) in [6.07, 6.45) is 1.43. The van der Waals surface area contributed by atoms with E-state index in [-0.39, 0.29) is 17.4 Å². The summed E-state index contributed by atoms with van der Waals surface area (Å²) in [4.78, 5) is 16.5. The fourth-order valence-corrected chi connectivity index (χ4v) is 2.99. The van der Waals surface area contributed by atoms with Crippen LogP contribution in [-0.4, -0.2) is 64.9 Å². The Labute approximate surface area is 158 Å². The second-order valence-corrected chi connectivity index (χ2v) is 6.58. The molecule has 0 aromatic heterocycles. The summed E-state index contributed by atoms with van der Waals surface area (Å²) < 4.78 is 0. The average Bonchev–Trinajstić information content (AvgIpc) is 2.67. The van der Waals surface area contributed by atoms with Crippen molar-refractivity contribution >= 4 is 12.1 Å². The Morgan fingerprint density at radius 1 is 1.00 bits per heavy atom. The van der Waals surface area contributed by atoms with Crippen molar-refractivity contribution in [1.82, 2.24) is 15.2 Å². The molecular weight excluding hydrogens is 344 g/mol. The van der Waals surface area contributed by atoms with Gasteiger partial charge in [-0.3, -0.25) is 14.6 Å². The van der Waals surface area contributed by atoms with Crippen LogP contribution in [0.2, 0.25) is 0 Å². The first kappa shape index (κ1) is 18.9. The van der Waals surface area contributed by atoms with E-state index >= 15 is 0 Å². The lowest BCUT2D eigenvalue weighted by Crippen LogP contribution is -2.48. The second-order valence-electron chi connectivity index (χ2n) is 6.58. The number of amides is 1. The molecule has 0 unspecified atom stereocenters. The minimum absolute atomic E-state index is 0.175. The highest BCUT2D eigenvalue weighted by Crippen LogP contribution is 2.23. The molecule has 0 atom stereocenters. The zero-order valence-corrected chi connectivity index (χ0v) is 15.1. The van der Waals surface area contributed by atoms with Crippen molar-refractivity contribution in [1.29, 1.82) is 0 Å². The zero-order chi connectivity index (χ0) is 19.1. The molecule has 0 saturated carbocycles. The molecule has 27 heavy (non-hydrogen) atoms. The van der Waals surface area contributed by atoms with Crippen LogP contribution in [0.1, 0.15) is 11.1 Å². The molecule has 0 spiro atoms. The number of hydrogen-bond acceptors (Lipinski definition) is 6. The lowest BCUT2D eigenvalue weighted by molar-refractivity contribution is -0.122. The quantitative estimate of drug-likeness (QED) is 0.407. The van der Waals surface area contributed by atoms with Crippen LogP contribution in [-0.2, 0) is 11.3 Å². The van der Waals surface area contributed by atoms with E-state index in [9.17, 15) is 15.0 Å². The second kappa shape index (κ2) is 9.16. The van der Waals surface area contributed by atoms with Crippen molar-refractivity contribution < 1.29 is 15.0 Å². The Balaban J connectivity index is 1.39. The summed E-state index contributed by atoms with van der Waals surface area (Å²) in [6.45, 7) is 4.78. The molecule has 1 fully saturated rings. The zero-order valence-electron chi connectivity index (χ0n) is 15.1. The van der Waals surface area contributed by atoms with Crippen molar-refractivity contribution in [2.24, 2.45) is 5.10 Å². The van der Waals surface area contributed by atoms with Gasteiger partial charge < -0.3 is 10.2 Å². The lowest BCUT2D eigenvalue weighted by atomic mass is 10.2. The molecule has 0 radical (unpaired) electrons. The highest BCUT2D eigenvalue weighted by Gasteiger charge is 2.18. The number of carbonyl (C=O) groups excluding carboxylic acids is 1. The predicted octanol–water partition coefficient (Wildman–Crippen LogP) is 1.37. The van der Waals surface area contributed by atoms with Crippen LogP contribution in [0.5, 0.6) is 11.5 Å². The number of phenolic OH excluding ortho intramolecular Hbond substituents is 2. The minimum Gasteiger partial charge on any atom is -0.504 e. The summed E-state index contributed by atoms with van der Waals surface area (Å²) >= 11 is 0. The number of carbonyl (C=O) groups is 1. The predicted molar refractivity (Wildman–Crippen MR) is 104 cm³/mol. The smallest absolute Gasteiger partial charge is 0.254 e. The van der Waals surface area contributed by atoms with Gasteiger partial charge in [0.25, 0.3) is 5.91 Å². The monoisotopic (exact) mass is 368 g/mol. The highest BCUT2D eigenvalue weighted by molar-refractivity contribution is 5.83. The highest BCUT2D eigenvalue weighted by atomic mass is 16.3. The molecule has 1 aliphatic rings. The van der Waals surface area contributed by atoms with Crippen LogP contribution in [0.15, 0.2) is 53.6 Å². The van der Waals surface area contributed by atoms with Crippen molar-refractivity contribution in [3.63, 3.8) is 0 Å². The maximum absolute atomic E-state index is 12.0. The molecule has 3 rings (SSSR count). The first-order valence-corrected chi connectivity index (χ1v) is 8.93. The number of benzene rings is 2. The number of piperazine rings is 1. The molecule has 7 heteroatoms. The third-order valence-electron chi connectivity index (χ3n) is 4.48. The van der Waals surface area contributed by atoms with Gasteiger partial charge in [-0.25, -0.2) is 5.43 Å². The maximum Gasteiger partial charge on any atom is 0.254 e. The summed E-state index contributed by atoms with van der Waals surface area (Å²) in [5.41, 5.74) is 4.38. The first-order valence-electron chi connectivity index (χ1n) is 8.93. The summed E-state index contributed by atoms with van der Waals surface area (Å²) in [7, 11) is 0. The molecule has 0 bridgehead atoms. The Hall–Kier alpha value is -2.90. The fraction of sp³-hybridized carbons (Fsp3) is 0.300. The van der Waals surface area contributed by atoms with E-state index in [0.717, 1.165) is 32.7 Å². The van der Waals surface area contributed by atoms with Crippen molar-refractivity contribution in [3.8, 4) is 11.5 Å². The molecule has 2 aromatic rings. The third-order valence-corrected chi connectivity index (χ3v) is 4.48. The standard InChI is InChI=1S/C20H24N4O3/c25-18-7-6-17(12-19(18)26)13-21-22-20(27)15-24-10-8-23(9-11-24)14-16-4-2-1-3-5-16/h1-7,12-13,25-26H,8-11,14-15H2,(H,22,27)/b21-13-. The summed E-state index contributed by atoms with van der Waals surface area (Å²) in [5, 5.41) is 22.6. The molecule has 1 amide bonds. The lowest BCUT2D eigenvalue weighted by Gasteiger charge is -2.34. The maximum atomic E-state index is 12.0. The van der Waals surface area contributed by atoms with Gasteiger partial charge in [0.1, 0.15) is 0 Å². The van der Waals surface area contributed by atoms with Crippen LogP contribution in [0.25, 0.3) is 0 Å². The van der Waals surface area contributed by atoms with Gasteiger partial charge in [0, 0.05) is 32.7 Å². The summed E-state index contributed by atoms with van der Waals surface area (Å²) in [5.74, 6) is -0.591.